The second-order valence-corrected chi connectivity index (χ2v) is 19.5. The summed E-state index contributed by atoms with van der Waals surface area (Å²) in [6, 6.07) is 100. The Hall–Kier alpha value is -9.97. The Morgan fingerprint density at radius 3 is 1.31 bits per heavy atom. The van der Waals surface area contributed by atoms with E-state index in [1.807, 2.05) is 67.0 Å². The molecule has 0 atom stereocenters. The second-order valence-electron chi connectivity index (χ2n) is 19.5. The minimum absolute atomic E-state index is 0. The summed E-state index contributed by atoms with van der Waals surface area (Å²) in [4.78, 5) is 18.7. The minimum atomic E-state index is 0. The maximum absolute atomic E-state index is 6.26. The Balaban J connectivity index is 0.00000605. The molecule has 0 spiro atoms. The van der Waals surface area contributed by atoms with Gasteiger partial charge in [-0.25, -0.2) is 4.98 Å². The van der Waals surface area contributed by atoms with Crippen LogP contribution in [0.15, 0.2) is 278 Å². The molecule has 0 aliphatic carbocycles. The first-order chi connectivity index (χ1) is 39.2. The molecule has 0 fully saturated rings. The van der Waals surface area contributed by atoms with Gasteiger partial charge in [-0.05, 0) is 97.9 Å². The smallest absolute Gasteiger partial charge is 0.438 e. The Bertz CT molecular complexity index is 4360. The van der Waals surface area contributed by atoms with Crippen molar-refractivity contribution in [2.45, 2.75) is 0 Å². The average Bonchev–Trinajstić information content (AvgIpc) is 4.03. The molecule has 80 heavy (non-hydrogen) atoms. The van der Waals surface area contributed by atoms with E-state index in [9.17, 15) is 0 Å². The third-order valence-corrected chi connectivity index (χ3v) is 14.8. The van der Waals surface area contributed by atoms with Gasteiger partial charge in [0.1, 0.15) is 11.9 Å². The number of para-hydroxylation sites is 1. The van der Waals surface area contributed by atoms with Crippen molar-refractivity contribution in [2.24, 2.45) is 0 Å². The first kappa shape index (κ1) is 49.6. The van der Waals surface area contributed by atoms with E-state index in [-0.39, 0.29) is 20.1 Å². The molecule has 4 heterocycles. The van der Waals surface area contributed by atoms with E-state index in [0.717, 1.165) is 139 Å². The number of hydrogen-bond donors (Lipinski definition) is 0. The summed E-state index contributed by atoms with van der Waals surface area (Å²) in [5.41, 5.74) is 24.0. The predicted molar refractivity (Wildman–Crippen MR) is 321 cm³/mol. The first-order valence-corrected chi connectivity index (χ1v) is 26.3. The van der Waals surface area contributed by atoms with Crippen LogP contribution in [0.2, 0.25) is 0 Å². The summed E-state index contributed by atoms with van der Waals surface area (Å²) >= 11 is 0. The summed E-state index contributed by atoms with van der Waals surface area (Å²) in [5, 5.41) is 1.82. The van der Waals surface area contributed by atoms with Gasteiger partial charge in [-0.3, -0.25) is 4.98 Å². The van der Waals surface area contributed by atoms with Gasteiger partial charge in [-0.2, -0.15) is 0 Å². The van der Waals surface area contributed by atoms with E-state index in [4.69, 9.17) is 9.40 Å². The van der Waals surface area contributed by atoms with Crippen molar-refractivity contribution in [3.8, 4) is 123 Å². The topological polar surface area (TPSA) is 64.7 Å². The SMILES string of the molecule is [Ir+3].[c-]1cc(-c2ccccc2-c2cc(-c3ccccc3-c3c[c-]c(-c4ccccn4)cc3)cc(-c3ccccc3-c3c[c-]c(-c4ncnc5oc6ccccc6c45)cc3-c3ccc(-c4ccccc4)cc3)c2)ccc1-c1ccccn1. The van der Waals surface area contributed by atoms with Crippen molar-refractivity contribution in [1.29, 1.82) is 0 Å². The molecule has 376 valence electrons. The van der Waals surface area contributed by atoms with Crippen LogP contribution >= 0.6 is 0 Å². The zero-order chi connectivity index (χ0) is 52.5. The van der Waals surface area contributed by atoms with E-state index in [1.54, 1.807) is 6.33 Å². The fourth-order valence-electron chi connectivity index (χ4n) is 10.9. The minimum Gasteiger partial charge on any atom is -0.438 e. The Kier molecular flexibility index (Phi) is 13.5. The molecule has 0 unspecified atom stereocenters. The van der Waals surface area contributed by atoms with Crippen molar-refractivity contribution in [3.05, 3.63) is 292 Å². The van der Waals surface area contributed by atoms with Crippen LogP contribution < -0.4 is 0 Å². The zero-order valence-corrected chi connectivity index (χ0v) is 45.4. The molecule has 0 bridgehead atoms. The number of furan rings is 1. The Morgan fingerprint density at radius 1 is 0.300 bits per heavy atom. The molecular weight excluding hydrogens is 1150 g/mol. The number of rotatable bonds is 11. The standard InChI is InChI=1S/C74H45N4O.Ir/c1-2-16-49(17-3-1)50-28-30-53(31-29-50)68-47-56(73-72-67-24-10-11-27-71(67)79-74(72)78-48-77-73)40-41-66(68)65-23-9-8-22-64(65)59-45-57(62-20-6-4-18-60(62)51-32-36-54(37-33-51)69-25-12-14-42-75-69)44-58(46-59)63-21-7-5-19-61(63)52-34-38-55(39-35-52)70-26-13-15-43-76-70;/h1-36,38,41-48H;/q-3;+3. The maximum atomic E-state index is 6.26. The summed E-state index contributed by atoms with van der Waals surface area (Å²) in [7, 11) is 0. The van der Waals surface area contributed by atoms with Gasteiger partial charge < -0.3 is 14.4 Å². The van der Waals surface area contributed by atoms with Gasteiger partial charge in [-0.1, -0.05) is 209 Å². The number of fused-ring (bicyclic) bond motifs is 3. The molecule has 14 aromatic rings. The largest absolute Gasteiger partial charge is 3.00 e. The zero-order valence-electron chi connectivity index (χ0n) is 43.0. The maximum Gasteiger partial charge on any atom is 3.00 e. The number of benzene rings is 10. The molecule has 0 saturated carbocycles. The van der Waals surface area contributed by atoms with Crippen LogP contribution in [0, 0.1) is 18.2 Å². The molecule has 4 aromatic heterocycles. The van der Waals surface area contributed by atoms with Gasteiger partial charge >= 0.3 is 20.1 Å². The van der Waals surface area contributed by atoms with Gasteiger partial charge in [0.05, 0.1) is 0 Å². The third kappa shape index (κ3) is 9.54. The third-order valence-electron chi connectivity index (χ3n) is 14.8. The van der Waals surface area contributed by atoms with Crippen LogP contribution in [-0.4, -0.2) is 19.9 Å². The van der Waals surface area contributed by atoms with E-state index in [2.05, 4.69) is 233 Å². The van der Waals surface area contributed by atoms with Gasteiger partial charge in [0.2, 0.25) is 5.71 Å². The van der Waals surface area contributed by atoms with Crippen LogP contribution in [0.1, 0.15) is 0 Å². The molecule has 14 rings (SSSR count). The second kappa shape index (κ2) is 21.8. The average molecular weight is 1200 g/mol. The Labute approximate surface area is 478 Å². The number of pyridine rings is 2. The molecule has 10 aromatic carbocycles. The molecule has 0 aliphatic heterocycles. The van der Waals surface area contributed by atoms with Crippen LogP contribution in [0.4, 0.5) is 0 Å². The Morgan fingerprint density at radius 2 is 0.762 bits per heavy atom. The number of aromatic nitrogens is 4. The van der Waals surface area contributed by atoms with Crippen molar-refractivity contribution in [1.82, 2.24) is 19.9 Å². The quantitative estimate of drug-likeness (QED) is 0.121. The van der Waals surface area contributed by atoms with Crippen LogP contribution in [0.5, 0.6) is 0 Å². The number of hydrogen-bond acceptors (Lipinski definition) is 5. The fraction of sp³-hybridized carbons (Fsp3) is 0. The monoisotopic (exact) mass is 1200 g/mol. The van der Waals surface area contributed by atoms with Gasteiger partial charge in [0.25, 0.3) is 0 Å². The first-order valence-electron chi connectivity index (χ1n) is 26.3. The molecule has 6 heteroatoms. The molecular formula is C74H45IrN4O. The van der Waals surface area contributed by atoms with Crippen molar-refractivity contribution in [3.63, 3.8) is 0 Å². The normalized spacial score (nSPS) is 11.2. The van der Waals surface area contributed by atoms with Crippen molar-refractivity contribution < 1.29 is 24.5 Å². The van der Waals surface area contributed by atoms with Gasteiger partial charge in [0, 0.05) is 28.9 Å². The summed E-state index contributed by atoms with van der Waals surface area (Å²) < 4.78 is 6.26. The van der Waals surface area contributed by atoms with E-state index in [1.165, 1.54) is 0 Å². The van der Waals surface area contributed by atoms with Gasteiger partial charge in [0.15, 0.2) is 0 Å². The fourth-order valence-corrected chi connectivity index (χ4v) is 10.9. The molecule has 5 nitrogen and oxygen atoms in total. The van der Waals surface area contributed by atoms with Crippen LogP contribution in [0.3, 0.4) is 0 Å². The van der Waals surface area contributed by atoms with Gasteiger partial charge in [-0.15, -0.1) is 83.4 Å². The summed E-state index contributed by atoms with van der Waals surface area (Å²) in [6.07, 6.45) is 5.22. The molecule has 0 aliphatic rings. The van der Waals surface area contributed by atoms with Crippen molar-refractivity contribution >= 4 is 22.1 Å². The number of nitrogens with zero attached hydrogens (tertiary/aromatic N) is 4. The molecule has 0 saturated heterocycles. The predicted octanol–water partition coefficient (Wildman–Crippen LogP) is 18.9. The van der Waals surface area contributed by atoms with E-state index in [0.29, 0.717) is 5.71 Å². The molecule has 0 N–H and O–H groups in total. The molecule has 0 radical (unpaired) electrons. The van der Waals surface area contributed by atoms with Crippen LogP contribution in [0.25, 0.3) is 145 Å². The van der Waals surface area contributed by atoms with E-state index < -0.39 is 0 Å². The van der Waals surface area contributed by atoms with Crippen molar-refractivity contribution in [2.75, 3.05) is 0 Å². The van der Waals surface area contributed by atoms with Crippen LogP contribution in [-0.2, 0) is 20.1 Å². The summed E-state index contributed by atoms with van der Waals surface area (Å²) in [5.74, 6) is 0. The summed E-state index contributed by atoms with van der Waals surface area (Å²) in [6.45, 7) is 0. The molecule has 0 amide bonds. The van der Waals surface area contributed by atoms with E-state index >= 15 is 0 Å².